The van der Waals surface area contributed by atoms with Gasteiger partial charge in [0.15, 0.2) is 0 Å². The van der Waals surface area contributed by atoms with Crippen LogP contribution in [0.25, 0.3) is 0 Å². The second kappa shape index (κ2) is 2.83. The third kappa shape index (κ3) is 1.17. The van der Waals surface area contributed by atoms with E-state index < -0.39 is 0 Å². The van der Waals surface area contributed by atoms with Crippen molar-refractivity contribution in [3.63, 3.8) is 0 Å². The molecule has 1 aliphatic rings. The van der Waals surface area contributed by atoms with Gasteiger partial charge in [0.25, 0.3) is 0 Å². The third-order valence-corrected chi connectivity index (χ3v) is 5.34. The summed E-state index contributed by atoms with van der Waals surface area (Å²) in [6, 6.07) is 4.46. The van der Waals surface area contributed by atoms with Gasteiger partial charge in [0.2, 0.25) is 0 Å². The van der Waals surface area contributed by atoms with Crippen LogP contribution in [-0.4, -0.2) is 0 Å². The second-order valence-electron chi connectivity index (χ2n) is 5.46. The van der Waals surface area contributed by atoms with Gasteiger partial charge in [-0.25, -0.2) is 0 Å². The number of hydrogen-bond donors (Lipinski definition) is 1. The predicted molar refractivity (Wildman–Crippen MR) is 62.3 cm³/mol. The first kappa shape index (κ1) is 10.2. The van der Waals surface area contributed by atoms with Crippen LogP contribution in [0, 0.1) is 16.7 Å². The Hall–Kier alpha value is -0.340. The summed E-state index contributed by atoms with van der Waals surface area (Å²) in [6.45, 7) is 9.30. The Morgan fingerprint density at radius 3 is 2.21 bits per heavy atom. The molecule has 0 saturated heterocycles. The molecule has 0 bridgehead atoms. The Labute approximate surface area is 90.3 Å². The van der Waals surface area contributed by atoms with Crippen molar-refractivity contribution in [3.8, 4) is 0 Å². The van der Waals surface area contributed by atoms with Crippen LogP contribution in [0.4, 0.5) is 0 Å². The summed E-state index contributed by atoms with van der Waals surface area (Å²) in [5, 5.41) is 2.11. The maximum Gasteiger partial charge on any atom is 0.0429 e. The Kier molecular flexibility index (Phi) is 2.06. The van der Waals surface area contributed by atoms with E-state index in [9.17, 15) is 0 Å². The minimum atomic E-state index is 0.222. The van der Waals surface area contributed by atoms with Crippen LogP contribution in [0.5, 0.6) is 0 Å². The highest BCUT2D eigenvalue weighted by atomic mass is 32.1. The maximum absolute atomic E-state index is 6.31. The number of thiophene rings is 1. The van der Waals surface area contributed by atoms with Crippen molar-refractivity contribution in [2.24, 2.45) is 22.5 Å². The quantitative estimate of drug-likeness (QED) is 0.793. The van der Waals surface area contributed by atoms with Crippen molar-refractivity contribution in [2.45, 2.75) is 33.7 Å². The summed E-state index contributed by atoms with van der Waals surface area (Å²) in [7, 11) is 0. The lowest BCUT2D eigenvalue weighted by Crippen LogP contribution is -2.14. The average Bonchev–Trinajstić information content (AvgIpc) is 2.53. The molecule has 0 radical (unpaired) electrons. The highest BCUT2D eigenvalue weighted by Crippen LogP contribution is 2.71. The molecule has 1 aromatic heterocycles. The smallest absolute Gasteiger partial charge is 0.0429 e. The monoisotopic (exact) mass is 209 g/mol. The minimum Gasteiger partial charge on any atom is -0.323 e. The fourth-order valence-electron chi connectivity index (χ4n) is 2.79. The van der Waals surface area contributed by atoms with Gasteiger partial charge in [-0.05, 0) is 28.2 Å². The average molecular weight is 209 g/mol. The third-order valence-electron chi connectivity index (χ3n) is 4.36. The van der Waals surface area contributed by atoms with Crippen LogP contribution in [0.1, 0.15) is 38.6 Å². The summed E-state index contributed by atoms with van der Waals surface area (Å²) in [4.78, 5) is 1.33. The lowest BCUT2D eigenvalue weighted by Gasteiger charge is -2.11. The largest absolute Gasteiger partial charge is 0.323 e. The van der Waals surface area contributed by atoms with Gasteiger partial charge < -0.3 is 5.73 Å². The van der Waals surface area contributed by atoms with Crippen molar-refractivity contribution in [1.82, 2.24) is 0 Å². The fourth-order valence-corrected chi connectivity index (χ4v) is 3.56. The molecule has 0 aromatic carbocycles. The summed E-state index contributed by atoms with van der Waals surface area (Å²) in [6.07, 6.45) is 0. The molecule has 1 fully saturated rings. The fraction of sp³-hybridized carbons (Fsp3) is 0.667. The Morgan fingerprint density at radius 1 is 1.29 bits per heavy atom. The topological polar surface area (TPSA) is 26.0 Å². The van der Waals surface area contributed by atoms with Crippen LogP contribution < -0.4 is 5.73 Å². The first-order chi connectivity index (χ1) is 6.39. The van der Waals surface area contributed by atoms with Crippen molar-refractivity contribution < 1.29 is 0 Å². The van der Waals surface area contributed by atoms with E-state index in [1.807, 2.05) is 0 Å². The molecule has 0 spiro atoms. The van der Waals surface area contributed by atoms with Gasteiger partial charge in [0, 0.05) is 10.9 Å². The zero-order valence-electron chi connectivity index (χ0n) is 9.37. The molecular weight excluding hydrogens is 190 g/mol. The molecule has 1 saturated carbocycles. The summed E-state index contributed by atoms with van der Waals surface area (Å²) >= 11 is 1.78. The SMILES string of the molecule is CC1(C)C(C(N)c2cccs2)C1(C)C. The van der Waals surface area contributed by atoms with Crippen LogP contribution in [-0.2, 0) is 0 Å². The van der Waals surface area contributed by atoms with Gasteiger partial charge in [0.1, 0.15) is 0 Å². The molecule has 1 nitrogen and oxygen atoms in total. The molecule has 1 aliphatic carbocycles. The lowest BCUT2D eigenvalue weighted by molar-refractivity contribution is 0.457. The van der Waals surface area contributed by atoms with Crippen LogP contribution in [0.2, 0.25) is 0 Å². The van der Waals surface area contributed by atoms with Gasteiger partial charge in [-0.3, -0.25) is 0 Å². The van der Waals surface area contributed by atoms with Gasteiger partial charge in [0.05, 0.1) is 0 Å². The molecule has 1 unspecified atom stereocenters. The predicted octanol–water partition coefficient (Wildman–Crippen LogP) is 3.43. The number of rotatable bonds is 2. The molecule has 14 heavy (non-hydrogen) atoms. The van der Waals surface area contributed by atoms with E-state index in [1.54, 1.807) is 11.3 Å². The number of nitrogens with two attached hydrogens (primary N) is 1. The van der Waals surface area contributed by atoms with E-state index in [1.165, 1.54) is 4.88 Å². The van der Waals surface area contributed by atoms with E-state index >= 15 is 0 Å². The Bertz CT molecular complexity index is 310. The Morgan fingerprint density at radius 2 is 1.86 bits per heavy atom. The van der Waals surface area contributed by atoms with Crippen molar-refractivity contribution in [3.05, 3.63) is 22.4 Å². The molecule has 1 aromatic rings. The zero-order chi connectivity index (χ0) is 10.6. The van der Waals surface area contributed by atoms with E-state index in [-0.39, 0.29) is 6.04 Å². The molecule has 78 valence electrons. The molecule has 0 aliphatic heterocycles. The van der Waals surface area contributed by atoms with E-state index in [2.05, 4.69) is 45.2 Å². The maximum atomic E-state index is 6.31. The minimum absolute atomic E-state index is 0.222. The summed E-state index contributed by atoms with van der Waals surface area (Å²) in [5.41, 5.74) is 7.08. The van der Waals surface area contributed by atoms with Crippen LogP contribution in [0.15, 0.2) is 17.5 Å². The van der Waals surface area contributed by atoms with Gasteiger partial charge in [-0.15, -0.1) is 11.3 Å². The standard InChI is InChI=1S/C12H19NS/c1-11(2)10(12(11,3)4)9(13)8-6-5-7-14-8/h5-7,9-10H,13H2,1-4H3. The van der Waals surface area contributed by atoms with E-state index in [4.69, 9.17) is 5.73 Å². The first-order valence-electron chi connectivity index (χ1n) is 5.18. The van der Waals surface area contributed by atoms with E-state index in [0.717, 1.165) is 0 Å². The second-order valence-corrected chi connectivity index (χ2v) is 6.44. The van der Waals surface area contributed by atoms with Crippen LogP contribution in [0.3, 0.4) is 0 Å². The Balaban J connectivity index is 2.20. The summed E-state index contributed by atoms with van der Waals surface area (Å²) in [5.74, 6) is 0.619. The normalized spacial score (nSPS) is 26.1. The molecule has 2 rings (SSSR count). The van der Waals surface area contributed by atoms with Gasteiger partial charge >= 0.3 is 0 Å². The molecule has 1 atom stereocenters. The summed E-state index contributed by atoms with van der Waals surface area (Å²) < 4.78 is 0. The van der Waals surface area contributed by atoms with Gasteiger partial charge in [-0.2, -0.15) is 0 Å². The van der Waals surface area contributed by atoms with Crippen molar-refractivity contribution >= 4 is 11.3 Å². The van der Waals surface area contributed by atoms with E-state index in [0.29, 0.717) is 16.7 Å². The first-order valence-corrected chi connectivity index (χ1v) is 6.06. The molecule has 2 N–H and O–H groups in total. The van der Waals surface area contributed by atoms with Crippen molar-refractivity contribution in [2.75, 3.05) is 0 Å². The zero-order valence-corrected chi connectivity index (χ0v) is 10.2. The molecule has 1 heterocycles. The highest BCUT2D eigenvalue weighted by molar-refractivity contribution is 7.10. The van der Waals surface area contributed by atoms with Crippen LogP contribution >= 0.6 is 11.3 Å². The molecular formula is C12H19NS. The van der Waals surface area contributed by atoms with Gasteiger partial charge in [-0.1, -0.05) is 33.8 Å². The van der Waals surface area contributed by atoms with Crippen molar-refractivity contribution in [1.29, 1.82) is 0 Å². The molecule has 0 amide bonds. The lowest BCUT2D eigenvalue weighted by atomic mass is 10.0. The number of hydrogen-bond acceptors (Lipinski definition) is 2. The highest BCUT2D eigenvalue weighted by Gasteiger charge is 2.66. The molecule has 2 heteroatoms.